The maximum Gasteiger partial charge on any atom is 0.136 e. The largest absolute Gasteiger partial charge is 0.299 e. The SMILES string of the molecule is CC(=O)C(C)(C)CN1CCCC1(C)C. The van der Waals surface area contributed by atoms with Gasteiger partial charge in [-0.1, -0.05) is 13.8 Å². The van der Waals surface area contributed by atoms with Gasteiger partial charge in [-0.25, -0.2) is 0 Å². The molecule has 0 unspecified atom stereocenters. The lowest BCUT2D eigenvalue weighted by atomic mass is 9.87. The summed E-state index contributed by atoms with van der Waals surface area (Å²) in [6.07, 6.45) is 2.52. The topological polar surface area (TPSA) is 20.3 Å². The molecule has 0 aromatic heterocycles. The maximum absolute atomic E-state index is 11.4. The van der Waals surface area contributed by atoms with Crippen LogP contribution in [0.25, 0.3) is 0 Å². The molecule has 1 heterocycles. The van der Waals surface area contributed by atoms with Crippen LogP contribution in [0, 0.1) is 5.41 Å². The normalized spacial score (nSPS) is 22.6. The number of nitrogens with zero attached hydrogens (tertiary/aromatic N) is 1. The number of rotatable bonds is 3. The molecule has 0 radical (unpaired) electrons. The molecule has 0 aromatic carbocycles. The van der Waals surface area contributed by atoms with E-state index in [-0.39, 0.29) is 11.0 Å². The summed E-state index contributed by atoms with van der Waals surface area (Å²) < 4.78 is 0. The van der Waals surface area contributed by atoms with Crippen LogP contribution in [0.4, 0.5) is 0 Å². The van der Waals surface area contributed by atoms with E-state index in [1.54, 1.807) is 6.92 Å². The molecule has 82 valence electrons. The third-order valence-electron chi connectivity index (χ3n) is 3.61. The zero-order valence-corrected chi connectivity index (χ0v) is 10.2. The summed E-state index contributed by atoms with van der Waals surface area (Å²) in [5.74, 6) is 0.292. The fraction of sp³-hybridized carbons (Fsp3) is 0.917. The summed E-state index contributed by atoms with van der Waals surface area (Å²) in [5.41, 5.74) is 0.0916. The average Bonchev–Trinajstić information content (AvgIpc) is 2.30. The van der Waals surface area contributed by atoms with Crippen molar-refractivity contribution < 1.29 is 4.79 Å². The monoisotopic (exact) mass is 197 g/mol. The van der Waals surface area contributed by atoms with E-state index < -0.39 is 0 Å². The number of Topliss-reactive ketones (excluding diaryl/α,β-unsaturated/α-hetero) is 1. The lowest BCUT2D eigenvalue weighted by Gasteiger charge is -2.37. The van der Waals surface area contributed by atoms with Gasteiger partial charge >= 0.3 is 0 Å². The number of hydrogen-bond donors (Lipinski definition) is 0. The van der Waals surface area contributed by atoms with Crippen molar-refractivity contribution in [2.75, 3.05) is 13.1 Å². The van der Waals surface area contributed by atoms with Gasteiger partial charge in [0.1, 0.15) is 5.78 Å². The Labute approximate surface area is 87.7 Å². The van der Waals surface area contributed by atoms with Gasteiger partial charge in [-0.2, -0.15) is 0 Å². The molecule has 2 nitrogen and oxygen atoms in total. The highest BCUT2D eigenvalue weighted by atomic mass is 16.1. The smallest absolute Gasteiger partial charge is 0.136 e. The molecule has 0 bridgehead atoms. The lowest BCUT2D eigenvalue weighted by Crippen LogP contribution is -2.45. The first-order chi connectivity index (χ1) is 6.26. The van der Waals surface area contributed by atoms with Crippen LogP contribution in [0.15, 0.2) is 0 Å². The van der Waals surface area contributed by atoms with E-state index in [0.29, 0.717) is 5.78 Å². The Kier molecular flexibility index (Phi) is 3.05. The Balaban J connectivity index is 2.65. The summed E-state index contributed by atoms with van der Waals surface area (Å²) in [4.78, 5) is 13.9. The number of carbonyl (C=O) groups excluding carboxylic acids is 1. The molecule has 14 heavy (non-hydrogen) atoms. The molecule has 0 aliphatic carbocycles. The molecule has 0 amide bonds. The van der Waals surface area contributed by atoms with E-state index in [0.717, 1.165) is 13.1 Å². The fourth-order valence-electron chi connectivity index (χ4n) is 2.04. The fourth-order valence-corrected chi connectivity index (χ4v) is 2.04. The number of ketones is 1. The molecule has 1 aliphatic heterocycles. The van der Waals surface area contributed by atoms with E-state index >= 15 is 0 Å². The van der Waals surface area contributed by atoms with Crippen LogP contribution in [0.5, 0.6) is 0 Å². The number of carbonyl (C=O) groups is 1. The van der Waals surface area contributed by atoms with Gasteiger partial charge < -0.3 is 0 Å². The van der Waals surface area contributed by atoms with Crippen molar-refractivity contribution in [3.8, 4) is 0 Å². The summed E-state index contributed by atoms with van der Waals surface area (Å²) >= 11 is 0. The van der Waals surface area contributed by atoms with E-state index in [4.69, 9.17) is 0 Å². The second-order valence-electron chi connectivity index (χ2n) is 5.78. The summed E-state index contributed by atoms with van der Waals surface area (Å²) in [7, 11) is 0. The van der Waals surface area contributed by atoms with Crippen LogP contribution < -0.4 is 0 Å². The van der Waals surface area contributed by atoms with Gasteiger partial charge in [-0.15, -0.1) is 0 Å². The molecule has 2 heteroatoms. The Bertz CT molecular complexity index is 230. The van der Waals surface area contributed by atoms with Crippen molar-refractivity contribution >= 4 is 5.78 Å². The van der Waals surface area contributed by atoms with E-state index in [1.165, 1.54) is 12.8 Å². The van der Waals surface area contributed by atoms with Crippen LogP contribution >= 0.6 is 0 Å². The Morgan fingerprint density at radius 1 is 1.43 bits per heavy atom. The van der Waals surface area contributed by atoms with E-state index in [1.807, 2.05) is 13.8 Å². The first kappa shape index (κ1) is 11.7. The van der Waals surface area contributed by atoms with Gasteiger partial charge in [0.15, 0.2) is 0 Å². The minimum atomic E-state index is -0.193. The second kappa shape index (κ2) is 3.65. The molecule has 0 N–H and O–H groups in total. The second-order valence-corrected chi connectivity index (χ2v) is 5.78. The van der Waals surface area contributed by atoms with Gasteiger partial charge in [-0.3, -0.25) is 9.69 Å². The first-order valence-corrected chi connectivity index (χ1v) is 5.52. The highest BCUT2D eigenvalue weighted by Gasteiger charge is 2.36. The van der Waals surface area contributed by atoms with Crippen molar-refractivity contribution in [2.45, 2.75) is 53.0 Å². The third-order valence-corrected chi connectivity index (χ3v) is 3.61. The Morgan fingerprint density at radius 2 is 2.00 bits per heavy atom. The highest BCUT2D eigenvalue weighted by molar-refractivity contribution is 5.81. The molecule has 1 rings (SSSR count). The molecule has 0 spiro atoms. The van der Waals surface area contributed by atoms with Crippen molar-refractivity contribution in [3.63, 3.8) is 0 Å². The molecule has 1 saturated heterocycles. The third kappa shape index (κ3) is 2.35. The van der Waals surface area contributed by atoms with Crippen molar-refractivity contribution in [3.05, 3.63) is 0 Å². The van der Waals surface area contributed by atoms with Crippen LogP contribution in [0.3, 0.4) is 0 Å². The molecule has 0 aromatic rings. The van der Waals surface area contributed by atoms with Gasteiger partial charge in [0.25, 0.3) is 0 Å². The number of likely N-dealkylation sites (tertiary alicyclic amines) is 1. The average molecular weight is 197 g/mol. The van der Waals surface area contributed by atoms with Crippen molar-refractivity contribution in [1.29, 1.82) is 0 Å². The molecule has 1 aliphatic rings. The van der Waals surface area contributed by atoms with Crippen molar-refractivity contribution in [1.82, 2.24) is 4.90 Å². The van der Waals surface area contributed by atoms with E-state index in [9.17, 15) is 4.79 Å². The van der Waals surface area contributed by atoms with Crippen molar-refractivity contribution in [2.24, 2.45) is 5.41 Å². The molecule has 0 atom stereocenters. The van der Waals surface area contributed by atoms with Gasteiger partial charge in [0.05, 0.1) is 0 Å². The zero-order valence-electron chi connectivity index (χ0n) is 10.2. The van der Waals surface area contributed by atoms with Gasteiger partial charge in [0.2, 0.25) is 0 Å². The summed E-state index contributed by atoms with van der Waals surface area (Å²) in [6.45, 7) is 12.4. The van der Waals surface area contributed by atoms with Crippen LogP contribution in [-0.4, -0.2) is 29.3 Å². The minimum Gasteiger partial charge on any atom is -0.299 e. The molecular formula is C12H23NO. The van der Waals surface area contributed by atoms with Gasteiger partial charge in [-0.05, 0) is 40.2 Å². The number of hydrogen-bond acceptors (Lipinski definition) is 2. The highest BCUT2D eigenvalue weighted by Crippen LogP contribution is 2.31. The Hall–Kier alpha value is -0.370. The van der Waals surface area contributed by atoms with Crippen LogP contribution in [0.2, 0.25) is 0 Å². The lowest BCUT2D eigenvalue weighted by molar-refractivity contribution is -0.126. The standard InChI is InChI=1S/C12H23NO/c1-10(14)11(2,3)9-13-8-6-7-12(13,4)5/h6-9H2,1-5H3. The van der Waals surface area contributed by atoms with E-state index in [2.05, 4.69) is 18.7 Å². The molecule has 0 saturated carbocycles. The molecule has 1 fully saturated rings. The quantitative estimate of drug-likeness (QED) is 0.692. The first-order valence-electron chi connectivity index (χ1n) is 5.52. The van der Waals surface area contributed by atoms with Crippen LogP contribution in [0.1, 0.15) is 47.5 Å². The zero-order chi connectivity index (χ0) is 11.0. The Morgan fingerprint density at radius 3 is 2.36 bits per heavy atom. The summed E-state index contributed by atoms with van der Waals surface area (Å²) in [5, 5.41) is 0. The maximum atomic E-state index is 11.4. The summed E-state index contributed by atoms with van der Waals surface area (Å²) in [6, 6.07) is 0. The minimum absolute atomic E-state index is 0.193. The predicted molar refractivity (Wildman–Crippen MR) is 59.3 cm³/mol. The molecular weight excluding hydrogens is 174 g/mol. The van der Waals surface area contributed by atoms with Gasteiger partial charge in [0, 0.05) is 17.5 Å². The van der Waals surface area contributed by atoms with Crippen LogP contribution in [-0.2, 0) is 4.79 Å². The predicted octanol–water partition coefficient (Wildman–Crippen LogP) is 2.48.